The van der Waals surface area contributed by atoms with Gasteiger partial charge in [-0.25, -0.2) is 0 Å². The molecule has 1 unspecified atom stereocenters. The third-order valence-corrected chi connectivity index (χ3v) is 2.52. The molecule has 0 saturated carbocycles. The molecule has 3 N–H and O–H groups in total. The van der Waals surface area contributed by atoms with Gasteiger partial charge in [-0.3, -0.25) is 9.59 Å². The fourth-order valence-electron chi connectivity index (χ4n) is 1.61. The molecule has 0 saturated heterocycles. The van der Waals surface area contributed by atoms with E-state index in [4.69, 9.17) is 5.11 Å². The Bertz CT molecular complexity index is 392. The zero-order valence-corrected chi connectivity index (χ0v) is 10.3. The third kappa shape index (κ3) is 4.97. The number of amides is 1. The highest BCUT2D eigenvalue weighted by molar-refractivity contribution is 5.76. The summed E-state index contributed by atoms with van der Waals surface area (Å²) in [5.41, 5.74) is 0.775. The number of carbonyl (C=O) groups excluding carboxylic acids is 1. The Morgan fingerprint density at radius 1 is 1.22 bits per heavy atom. The van der Waals surface area contributed by atoms with Gasteiger partial charge in [-0.1, -0.05) is 30.3 Å². The number of carbonyl (C=O) groups is 2. The minimum Gasteiger partial charge on any atom is -0.481 e. The summed E-state index contributed by atoms with van der Waals surface area (Å²) in [6.07, 6.45) is 0. The third-order valence-electron chi connectivity index (χ3n) is 2.52. The second-order valence-corrected chi connectivity index (χ2v) is 3.99. The largest absolute Gasteiger partial charge is 0.481 e. The SMILES string of the molecule is CC(=O)NCCNCC(C(=O)O)c1ccccc1. The van der Waals surface area contributed by atoms with E-state index in [-0.39, 0.29) is 5.91 Å². The number of nitrogens with one attached hydrogen (secondary N) is 2. The number of hydrogen-bond acceptors (Lipinski definition) is 3. The molecule has 0 heterocycles. The van der Waals surface area contributed by atoms with Crippen LogP contribution >= 0.6 is 0 Å². The maximum absolute atomic E-state index is 11.2. The van der Waals surface area contributed by atoms with Crippen molar-refractivity contribution in [3.63, 3.8) is 0 Å². The Labute approximate surface area is 106 Å². The molecule has 0 aliphatic rings. The maximum Gasteiger partial charge on any atom is 0.312 e. The Morgan fingerprint density at radius 2 is 1.89 bits per heavy atom. The zero-order valence-electron chi connectivity index (χ0n) is 10.3. The van der Waals surface area contributed by atoms with E-state index in [2.05, 4.69) is 10.6 Å². The quantitative estimate of drug-likeness (QED) is 0.619. The van der Waals surface area contributed by atoms with Gasteiger partial charge >= 0.3 is 5.97 Å². The summed E-state index contributed by atoms with van der Waals surface area (Å²) in [4.78, 5) is 21.8. The topological polar surface area (TPSA) is 78.4 Å². The first kappa shape index (κ1) is 14.2. The lowest BCUT2D eigenvalue weighted by molar-refractivity contribution is -0.138. The van der Waals surface area contributed by atoms with Gasteiger partial charge in [0.25, 0.3) is 0 Å². The minimum absolute atomic E-state index is 0.0883. The van der Waals surface area contributed by atoms with Crippen LogP contribution in [0.2, 0.25) is 0 Å². The fraction of sp³-hybridized carbons (Fsp3) is 0.385. The molecular formula is C13H18N2O3. The minimum atomic E-state index is -0.853. The van der Waals surface area contributed by atoms with Crippen molar-refractivity contribution in [2.75, 3.05) is 19.6 Å². The van der Waals surface area contributed by atoms with Gasteiger partial charge in [-0.05, 0) is 5.56 Å². The fourth-order valence-corrected chi connectivity index (χ4v) is 1.61. The lowest BCUT2D eigenvalue weighted by Gasteiger charge is -2.13. The van der Waals surface area contributed by atoms with Crippen molar-refractivity contribution >= 4 is 11.9 Å². The Balaban J connectivity index is 2.41. The first-order valence-electron chi connectivity index (χ1n) is 5.84. The molecule has 0 aliphatic heterocycles. The van der Waals surface area contributed by atoms with Crippen molar-refractivity contribution in [1.29, 1.82) is 0 Å². The highest BCUT2D eigenvalue weighted by Gasteiger charge is 2.18. The average Bonchev–Trinajstić information content (AvgIpc) is 2.34. The molecular weight excluding hydrogens is 232 g/mol. The maximum atomic E-state index is 11.2. The summed E-state index contributed by atoms with van der Waals surface area (Å²) in [7, 11) is 0. The van der Waals surface area contributed by atoms with Gasteiger partial charge in [0.1, 0.15) is 0 Å². The van der Waals surface area contributed by atoms with Crippen molar-refractivity contribution < 1.29 is 14.7 Å². The average molecular weight is 250 g/mol. The van der Waals surface area contributed by atoms with E-state index < -0.39 is 11.9 Å². The van der Waals surface area contributed by atoms with Crippen LogP contribution in [-0.2, 0) is 9.59 Å². The van der Waals surface area contributed by atoms with Gasteiger partial charge in [0.05, 0.1) is 5.92 Å². The van der Waals surface area contributed by atoms with Crippen LogP contribution < -0.4 is 10.6 Å². The Kier molecular flexibility index (Phi) is 5.87. The molecule has 0 bridgehead atoms. The van der Waals surface area contributed by atoms with Gasteiger partial charge in [-0.2, -0.15) is 0 Å². The molecule has 98 valence electrons. The predicted octanol–water partition coefficient (Wildman–Crippen LogP) is 0.581. The van der Waals surface area contributed by atoms with E-state index >= 15 is 0 Å². The Hall–Kier alpha value is -1.88. The zero-order chi connectivity index (χ0) is 13.4. The smallest absolute Gasteiger partial charge is 0.312 e. The number of carboxylic acids is 1. The van der Waals surface area contributed by atoms with Crippen LogP contribution in [-0.4, -0.2) is 36.6 Å². The second kappa shape index (κ2) is 7.45. The lowest BCUT2D eigenvalue weighted by Crippen LogP contribution is -2.34. The molecule has 18 heavy (non-hydrogen) atoms. The number of carboxylic acid groups (broad SMARTS) is 1. The molecule has 0 radical (unpaired) electrons. The van der Waals surface area contributed by atoms with E-state index in [9.17, 15) is 9.59 Å². The van der Waals surface area contributed by atoms with E-state index in [1.165, 1.54) is 6.92 Å². The summed E-state index contributed by atoms with van der Waals surface area (Å²) in [6.45, 7) is 2.84. The highest BCUT2D eigenvalue weighted by atomic mass is 16.4. The standard InChI is InChI=1S/C13H18N2O3/c1-10(16)15-8-7-14-9-12(13(17)18)11-5-3-2-4-6-11/h2-6,12,14H,7-9H2,1H3,(H,15,16)(H,17,18). The molecule has 0 fully saturated rings. The number of aliphatic carboxylic acids is 1. The molecule has 1 amide bonds. The van der Waals surface area contributed by atoms with Crippen LogP contribution in [0.4, 0.5) is 0 Å². The molecule has 5 nitrogen and oxygen atoms in total. The normalized spacial score (nSPS) is 11.8. The molecule has 0 aliphatic carbocycles. The van der Waals surface area contributed by atoms with Crippen molar-refractivity contribution in [2.24, 2.45) is 0 Å². The van der Waals surface area contributed by atoms with Crippen LogP contribution in [0.5, 0.6) is 0 Å². The van der Waals surface area contributed by atoms with Crippen molar-refractivity contribution in [3.05, 3.63) is 35.9 Å². The lowest BCUT2D eigenvalue weighted by atomic mass is 9.99. The molecule has 0 spiro atoms. The summed E-state index contributed by atoms with van der Waals surface area (Å²) in [5, 5.41) is 14.8. The van der Waals surface area contributed by atoms with Crippen LogP contribution in [0, 0.1) is 0 Å². The van der Waals surface area contributed by atoms with Crippen LogP contribution in [0.15, 0.2) is 30.3 Å². The second-order valence-electron chi connectivity index (χ2n) is 3.99. The van der Waals surface area contributed by atoms with Gasteiger partial charge < -0.3 is 15.7 Å². The van der Waals surface area contributed by atoms with Gasteiger partial charge in [0.2, 0.25) is 5.91 Å². The predicted molar refractivity (Wildman–Crippen MR) is 68.4 cm³/mol. The molecule has 1 atom stereocenters. The van der Waals surface area contributed by atoms with E-state index in [1.54, 1.807) is 12.1 Å². The number of rotatable bonds is 7. The first-order chi connectivity index (χ1) is 8.61. The molecule has 5 heteroatoms. The summed E-state index contributed by atoms with van der Waals surface area (Å²) in [5.74, 6) is -1.51. The number of benzene rings is 1. The van der Waals surface area contributed by atoms with Gasteiger partial charge in [0.15, 0.2) is 0 Å². The molecule has 1 aromatic carbocycles. The van der Waals surface area contributed by atoms with E-state index in [0.717, 1.165) is 5.56 Å². The summed E-state index contributed by atoms with van der Waals surface area (Å²) >= 11 is 0. The van der Waals surface area contributed by atoms with Crippen molar-refractivity contribution in [2.45, 2.75) is 12.8 Å². The monoisotopic (exact) mass is 250 g/mol. The van der Waals surface area contributed by atoms with Crippen molar-refractivity contribution in [1.82, 2.24) is 10.6 Å². The van der Waals surface area contributed by atoms with E-state index in [0.29, 0.717) is 19.6 Å². The van der Waals surface area contributed by atoms with Crippen molar-refractivity contribution in [3.8, 4) is 0 Å². The summed E-state index contributed by atoms with van der Waals surface area (Å²) < 4.78 is 0. The number of hydrogen-bond donors (Lipinski definition) is 3. The van der Waals surface area contributed by atoms with Crippen LogP contribution in [0.3, 0.4) is 0 Å². The van der Waals surface area contributed by atoms with Gasteiger partial charge in [-0.15, -0.1) is 0 Å². The first-order valence-corrected chi connectivity index (χ1v) is 5.84. The molecule has 1 aromatic rings. The van der Waals surface area contributed by atoms with E-state index in [1.807, 2.05) is 18.2 Å². The van der Waals surface area contributed by atoms with Crippen LogP contribution in [0.25, 0.3) is 0 Å². The Morgan fingerprint density at radius 3 is 2.44 bits per heavy atom. The summed E-state index contributed by atoms with van der Waals surface area (Å²) in [6, 6.07) is 9.10. The van der Waals surface area contributed by atoms with Gasteiger partial charge in [0, 0.05) is 26.6 Å². The molecule has 1 rings (SSSR count). The highest BCUT2D eigenvalue weighted by Crippen LogP contribution is 2.14. The van der Waals surface area contributed by atoms with Crippen LogP contribution in [0.1, 0.15) is 18.4 Å². The molecule has 0 aromatic heterocycles.